The quantitative estimate of drug-likeness (QED) is 0.498. The molecule has 160 valence electrons. The van der Waals surface area contributed by atoms with E-state index in [9.17, 15) is 13.2 Å². The van der Waals surface area contributed by atoms with Crippen molar-refractivity contribution >= 4 is 50.9 Å². The van der Waals surface area contributed by atoms with Crippen molar-refractivity contribution in [2.24, 2.45) is 0 Å². The minimum absolute atomic E-state index is 0.00588. The lowest BCUT2D eigenvalue weighted by Gasteiger charge is -2.09. The van der Waals surface area contributed by atoms with Gasteiger partial charge in [-0.15, -0.1) is 0 Å². The molecule has 11 nitrogen and oxygen atoms in total. The fourth-order valence-corrected chi connectivity index (χ4v) is 4.16. The van der Waals surface area contributed by atoms with Crippen molar-refractivity contribution in [2.75, 3.05) is 12.4 Å². The lowest BCUT2D eigenvalue weighted by Crippen LogP contribution is -2.35. The molecule has 0 saturated heterocycles. The second-order valence-corrected chi connectivity index (χ2v) is 8.37. The maximum atomic E-state index is 12.8. The van der Waals surface area contributed by atoms with Gasteiger partial charge < -0.3 is 4.74 Å². The smallest absolute Gasteiger partial charge is 0.335 e. The molecule has 0 atom stereocenters. The molecule has 0 bridgehead atoms. The zero-order valence-corrected chi connectivity index (χ0v) is 18.2. The number of anilines is 1. The number of aryl methyl sites for hydroxylation is 1. The average Bonchev–Trinajstić information content (AvgIpc) is 3.00. The zero-order valence-electron chi connectivity index (χ0n) is 15.9. The summed E-state index contributed by atoms with van der Waals surface area (Å²) in [5.74, 6) is -0.168. The van der Waals surface area contributed by atoms with Gasteiger partial charge in [0.1, 0.15) is 5.15 Å². The van der Waals surface area contributed by atoms with Gasteiger partial charge in [0.05, 0.1) is 12.8 Å². The molecule has 3 heterocycles. The standard InChI is InChI=1S/C16H17Cl2N7O4S/c1-3-4-5-9-6-7-11-20-13(18)14(25(11)23-9)30(27,28)24-16(26)22-15-19-10(17)8-12(21-15)29-2/h6-8H,3-5H2,1-2H3,(H2,19,21,22,24,26). The van der Waals surface area contributed by atoms with Gasteiger partial charge in [-0.25, -0.2) is 19.5 Å². The summed E-state index contributed by atoms with van der Waals surface area (Å²) in [5.41, 5.74) is 0.891. The van der Waals surface area contributed by atoms with Crippen molar-refractivity contribution in [1.82, 2.24) is 29.3 Å². The number of hydrogen-bond donors (Lipinski definition) is 2. The van der Waals surface area contributed by atoms with E-state index in [1.165, 1.54) is 13.2 Å². The van der Waals surface area contributed by atoms with Gasteiger partial charge >= 0.3 is 6.03 Å². The van der Waals surface area contributed by atoms with Crippen LogP contribution in [0.25, 0.3) is 5.65 Å². The number of carbonyl (C=O) groups excluding carboxylic acids is 1. The largest absolute Gasteiger partial charge is 0.481 e. The van der Waals surface area contributed by atoms with E-state index < -0.39 is 21.1 Å². The monoisotopic (exact) mass is 473 g/mol. The number of aromatic nitrogens is 5. The predicted octanol–water partition coefficient (Wildman–Crippen LogP) is 2.69. The Morgan fingerprint density at radius 3 is 2.70 bits per heavy atom. The van der Waals surface area contributed by atoms with Gasteiger partial charge in [0.15, 0.2) is 10.8 Å². The molecule has 0 spiro atoms. The van der Waals surface area contributed by atoms with Crippen LogP contribution in [-0.2, 0) is 16.4 Å². The number of carbonyl (C=O) groups is 1. The number of nitrogens with one attached hydrogen (secondary N) is 2. The van der Waals surface area contributed by atoms with Crippen LogP contribution in [0.1, 0.15) is 25.5 Å². The number of hydrogen-bond acceptors (Lipinski definition) is 8. The number of unbranched alkanes of at least 4 members (excludes halogenated alkanes) is 1. The molecule has 0 unspecified atom stereocenters. The lowest BCUT2D eigenvalue weighted by atomic mass is 10.2. The van der Waals surface area contributed by atoms with Gasteiger partial charge in [-0.1, -0.05) is 36.5 Å². The first-order valence-electron chi connectivity index (χ1n) is 8.70. The molecule has 2 amide bonds. The van der Waals surface area contributed by atoms with E-state index in [4.69, 9.17) is 27.9 Å². The summed E-state index contributed by atoms with van der Waals surface area (Å²) in [6, 6.07) is 3.54. The van der Waals surface area contributed by atoms with Crippen molar-refractivity contribution in [2.45, 2.75) is 31.2 Å². The molecule has 0 aromatic carbocycles. The summed E-state index contributed by atoms with van der Waals surface area (Å²) in [6.45, 7) is 2.03. The van der Waals surface area contributed by atoms with Crippen LogP contribution in [0.15, 0.2) is 23.2 Å². The van der Waals surface area contributed by atoms with Crippen LogP contribution in [0, 0.1) is 0 Å². The minimum Gasteiger partial charge on any atom is -0.481 e. The molecule has 0 saturated carbocycles. The molecule has 0 fully saturated rings. The van der Waals surface area contributed by atoms with E-state index >= 15 is 0 Å². The summed E-state index contributed by atoms with van der Waals surface area (Å²) < 4.78 is 33.4. The van der Waals surface area contributed by atoms with Gasteiger partial charge in [0, 0.05) is 6.07 Å². The first kappa shape index (κ1) is 22.0. The fourth-order valence-electron chi connectivity index (χ4n) is 2.50. The van der Waals surface area contributed by atoms with E-state index in [-0.39, 0.29) is 27.8 Å². The lowest BCUT2D eigenvalue weighted by molar-refractivity contribution is 0.256. The molecule has 0 aliphatic carbocycles. The molecule has 3 rings (SSSR count). The van der Waals surface area contributed by atoms with Crippen LogP contribution in [0.3, 0.4) is 0 Å². The number of fused-ring (bicyclic) bond motifs is 1. The fraction of sp³-hybridized carbons (Fsp3) is 0.312. The van der Waals surface area contributed by atoms with Crippen molar-refractivity contribution < 1.29 is 17.9 Å². The first-order chi connectivity index (χ1) is 14.2. The Morgan fingerprint density at radius 1 is 1.23 bits per heavy atom. The Labute approximate surface area is 181 Å². The number of methoxy groups -OCH3 is 1. The summed E-state index contributed by atoms with van der Waals surface area (Å²) >= 11 is 11.8. The van der Waals surface area contributed by atoms with Crippen LogP contribution in [0.4, 0.5) is 10.7 Å². The summed E-state index contributed by atoms with van der Waals surface area (Å²) in [4.78, 5) is 23.8. The average molecular weight is 474 g/mol. The highest BCUT2D eigenvalue weighted by molar-refractivity contribution is 7.90. The summed E-state index contributed by atoms with van der Waals surface area (Å²) in [5, 5.41) is 5.67. The number of sulfonamides is 1. The van der Waals surface area contributed by atoms with E-state index in [0.29, 0.717) is 12.1 Å². The predicted molar refractivity (Wildman–Crippen MR) is 110 cm³/mol. The maximum absolute atomic E-state index is 12.8. The third-order valence-corrected chi connectivity index (χ3v) is 5.72. The van der Waals surface area contributed by atoms with Crippen LogP contribution in [0.5, 0.6) is 5.88 Å². The molecule has 30 heavy (non-hydrogen) atoms. The Kier molecular flexibility index (Phi) is 6.58. The van der Waals surface area contributed by atoms with Crippen molar-refractivity contribution in [3.63, 3.8) is 0 Å². The second kappa shape index (κ2) is 8.98. The van der Waals surface area contributed by atoms with E-state index in [1.807, 2.05) is 11.6 Å². The second-order valence-electron chi connectivity index (χ2n) is 6.02. The van der Waals surface area contributed by atoms with Crippen molar-refractivity contribution in [3.8, 4) is 5.88 Å². The molecule has 3 aromatic rings. The van der Waals surface area contributed by atoms with Crippen molar-refractivity contribution in [1.29, 1.82) is 0 Å². The van der Waals surface area contributed by atoms with Gasteiger partial charge in [-0.3, -0.25) is 5.32 Å². The molecular weight excluding hydrogens is 457 g/mol. The maximum Gasteiger partial charge on any atom is 0.335 e. The van der Waals surface area contributed by atoms with Gasteiger partial charge in [-0.05, 0) is 25.0 Å². The van der Waals surface area contributed by atoms with Crippen LogP contribution < -0.4 is 14.8 Å². The normalized spacial score (nSPS) is 11.5. The van der Waals surface area contributed by atoms with E-state index in [2.05, 4.69) is 25.4 Å². The molecule has 0 aliphatic heterocycles. The zero-order chi connectivity index (χ0) is 21.9. The minimum atomic E-state index is -4.43. The number of halogens is 2. The molecule has 0 radical (unpaired) electrons. The van der Waals surface area contributed by atoms with Crippen LogP contribution in [-0.4, -0.2) is 46.1 Å². The number of urea groups is 1. The third-order valence-electron chi connectivity index (χ3n) is 3.83. The summed E-state index contributed by atoms with van der Waals surface area (Å²) in [7, 11) is -3.08. The van der Waals surface area contributed by atoms with Gasteiger partial charge in [0.25, 0.3) is 10.0 Å². The molecule has 14 heteroatoms. The molecule has 3 aromatic heterocycles. The van der Waals surface area contributed by atoms with Crippen molar-refractivity contribution in [3.05, 3.63) is 34.2 Å². The number of ether oxygens (including phenoxy) is 1. The highest BCUT2D eigenvalue weighted by Gasteiger charge is 2.28. The van der Waals surface area contributed by atoms with Crippen LogP contribution >= 0.6 is 23.2 Å². The Balaban J connectivity index is 1.87. The van der Waals surface area contributed by atoms with E-state index in [0.717, 1.165) is 17.4 Å². The Bertz CT molecular complexity index is 1200. The Hall–Kier alpha value is -2.70. The SMILES string of the molecule is CCCCc1ccc2nc(Cl)c(S(=O)(=O)NC(=O)Nc3nc(Cl)cc(OC)n3)n2n1. The van der Waals surface area contributed by atoms with E-state index in [1.54, 1.807) is 12.1 Å². The number of nitrogens with zero attached hydrogens (tertiary/aromatic N) is 5. The first-order valence-corrected chi connectivity index (χ1v) is 10.9. The van der Waals surface area contributed by atoms with Crippen LogP contribution in [0.2, 0.25) is 10.3 Å². The molecule has 2 N–H and O–H groups in total. The topological polar surface area (TPSA) is 140 Å². The number of imidazole rings is 1. The Morgan fingerprint density at radius 2 is 2.00 bits per heavy atom. The molecule has 0 aliphatic rings. The number of amides is 2. The van der Waals surface area contributed by atoms with Gasteiger partial charge in [0.2, 0.25) is 16.9 Å². The highest BCUT2D eigenvalue weighted by Crippen LogP contribution is 2.22. The summed E-state index contributed by atoms with van der Waals surface area (Å²) in [6.07, 6.45) is 2.49. The molecular formula is C16H17Cl2N7O4S. The third kappa shape index (κ3) is 4.89. The number of rotatable bonds is 7. The van der Waals surface area contributed by atoms with Gasteiger partial charge in [-0.2, -0.15) is 23.0 Å². The highest BCUT2D eigenvalue weighted by atomic mass is 35.5.